The van der Waals surface area contributed by atoms with Crippen molar-refractivity contribution < 1.29 is 43.7 Å². The lowest BCUT2D eigenvalue weighted by Gasteiger charge is -2.35. The van der Waals surface area contributed by atoms with E-state index in [1.54, 1.807) is 30.5 Å². The summed E-state index contributed by atoms with van der Waals surface area (Å²) in [6.07, 6.45) is 6.13. The lowest BCUT2D eigenvalue weighted by Crippen LogP contribution is -2.57. The molecule has 1 aromatic heterocycles. The predicted octanol–water partition coefficient (Wildman–Crippen LogP) is 2.90. The Morgan fingerprint density at radius 2 is 1.68 bits per heavy atom. The van der Waals surface area contributed by atoms with Crippen LogP contribution in [0.3, 0.4) is 0 Å². The van der Waals surface area contributed by atoms with Gasteiger partial charge >= 0.3 is 18.0 Å². The summed E-state index contributed by atoms with van der Waals surface area (Å²) in [4.78, 5) is 71.1. The van der Waals surface area contributed by atoms with Gasteiger partial charge in [0.15, 0.2) is 5.92 Å². The average molecular weight is 698 g/mol. The van der Waals surface area contributed by atoms with Crippen molar-refractivity contribution in [1.29, 1.82) is 0 Å². The first kappa shape index (κ1) is 38.3. The quantitative estimate of drug-likeness (QED) is 0.105. The molecule has 14 nitrogen and oxygen atoms in total. The molecule has 14 heteroatoms. The van der Waals surface area contributed by atoms with Crippen LogP contribution in [-0.2, 0) is 41.5 Å². The first-order chi connectivity index (χ1) is 23.9. The van der Waals surface area contributed by atoms with Crippen molar-refractivity contribution in [3.05, 3.63) is 54.1 Å². The molecule has 6 N–H and O–H groups in total. The number of hydrogen-bond donors (Lipinski definition) is 6. The fourth-order valence-corrected chi connectivity index (χ4v) is 7.18. The number of hydrogen-bond acceptors (Lipinski definition) is 9. The van der Waals surface area contributed by atoms with E-state index in [9.17, 15) is 34.2 Å². The summed E-state index contributed by atoms with van der Waals surface area (Å²) in [6.45, 7) is 3.91. The zero-order valence-corrected chi connectivity index (χ0v) is 29.0. The number of ether oxygens (including phenoxy) is 2. The van der Waals surface area contributed by atoms with E-state index in [1.807, 2.05) is 19.9 Å². The van der Waals surface area contributed by atoms with Gasteiger partial charge in [-0.25, -0.2) is 9.78 Å². The van der Waals surface area contributed by atoms with E-state index in [0.717, 1.165) is 37.7 Å². The Hall–Kier alpha value is -4.46. The van der Waals surface area contributed by atoms with Crippen LogP contribution >= 0.6 is 0 Å². The number of rotatable bonds is 17. The maximum atomic E-state index is 14.1. The van der Waals surface area contributed by atoms with Crippen molar-refractivity contribution in [2.24, 2.45) is 23.7 Å². The molecular formula is C36H51N5O9. The van der Waals surface area contributed by atoms with Crippen LogP contribution in [0.15, 0.2) is 42.9 Å². The van der Waals surface area contributed by atoms with E-state index >= 15 is 0 Å². The molecule has 1 aliphatic heterocycles. The number of nitrogens with zero attached hydrogens (tertiary/aromatic N) is 1. The highest BCUT2D eigenvalue weighted by Gasteiger charge is 2.45. The molecule has 2 aliphatic rings. The number of methoxy groups -OCH3 is 1. The van der Waals surface area contributed by atoms with E-state index in [1.165, 1.54) is 13.4 Å². The van der Waals surface area contributed by atoms with Crippen LogP contribution in [0, 0.1) is 23.7 Å². The van der Waals surface area contributed by atoms with Gasteiger partial charge in [0.25, 0.3) is 0 Å². The van der Waals surface area contributed by atoms with Gasteiger partial charge in [0.1, 0.15) is 18.2 Å². The minimum atomic E-state index is -1.38. The molecule has 2 heterocycles. The molecule has 1 aromatic carbocycles. The normalized spacial score (nSPS) is 20.9. The molecular weight excluding hydrogens is 646 g/mol. The number of carboxylic acid groups (broad SMARTS) is 1. The number of nitrogens with one attached hydrogen (secondary N) is 4. The van der Waals surface area contributed by atoms with Crippen molar-refractivity contribution in [2.75, 3.05) is 7.11 Å². The van der Waals surface area contributed by atoms with Crippen LogP contribution < -0.4 is 16.0 Å². The maximum Gasteiger partial charge on any atom is 0.405 e. The minimum absolute atomic E-state index is 0.0139. The highest BCUT2D eigenvalue weighted by Crippen LogP contribution is 2.35. The monoisotopic (exact) mass is 697 g/mol. The van der Waals surface area contributed by atoms with Crippen molar-refractivity contribution in [3.8, 4) is 0 Å². The third kappa shape index (κ3) is 11.0. The van der Waals surface area contributed by atoms with E-state index in [0.29, 0.717) is 12.1 Å². The van der Waals surface area contributed by atoms with Crippen LogP contribution in [0.25, 0.3) is 0 Å². The average Bonchev–Trinajstić information content (AvgIpc) is 3.75. The number of aromatic nitrogens is 2. The van der Waals surface area contributed by atoms with Gasteiger partial charge in [-0.2, -0.15) is 0 Å². The lowest BCUT2D eigenvalue weighted by atomic mass is 9.79. The molecule has 1 aliphatic carbocycles. The third-order valence-electron chi connectivity index (χ3n) is 9.96. The molecule has 0 bridgehead atoms. The van der Waals surface area contributed by atoms with Gasteiger partial charge in [-0.3, -0.25) is 19.2 Å². The van der Waals surface area contributed by atoms with Crippen LogP contribution in [-0.4, -0.2) is 87.5 Å². The highest BCUT2D eigenvalue weighted by atomic mass is 16.6. The number of esters is 2. The Balaban J connectivity index is 1.54. The number of aliphatic hydroxyl groups excluding tert-OH is 1. The molecule has 0 spiro atoms. The number of carbonyl (C=O) groups is 5. The van der Waals surface area contributed by atoms with E-state index in [4.69, 9.17) is 9.47 Å². The number of aromatic amines is 1. The summed E-state index contributed by atoms with van der Waals surface area (Å²) in [6, 6.07) is 5.93. The minimum Gasteiger partial charge on any atom is -0.468 e. The summed E-state index contributed by atoms with van der Waals surface area (Å²) in [5.74, 6) is -3.62. The SMILES string of the molecule is COC(=O)C1CC([C@@H](C[C@H](O)[C@H](CC2CCCCC2)NC(=O)[C@H](Cc2c[nH]cn2)NC(=O)[C@H](Cc2ccccc2)NC(=O)O)C(C)C)OC1=O. The molecule has 274 valence electrons. The molecule has 1 saturated heterocycles. The van der Waals surface area contributed by atoms with E-state index in [-0.39, 0.29) is 43.4 Å². The summed E-state index contributed by atoms with van der Waals surface area (Å²) < 4.78 is 10.4. The number of aliphatic hydroxyl groups is 1. The molecule has 0 radical (unpaired) electrons. The smallest absolute Gasteiger partial charge is 0.405 e. The Bertz CT molecular complexity index is 1410. The molecule has 2 fully saturated rings. The van der Waals surface area contributed by atoms with Crippen molar-refractivity contribution >= 4 is 29.8 Å². The van der Waals surface area contributed by atoms with E-state index in [2.05, 4.69) is 25.9 Å². The Kier molecular flexibility index (Phi) is 14.2. The van der Waals surface area contributed by atoms with Crippen LogP contribution in [0.1, 0.15) is 76.5 Å². The fourth-order valence-electron chi connectivity index (χ4n) is 7.18. The first-order valence-electron chi connectivity index (χ1n) is 17.5. The van der Waals surface area contributed by atoms with Gasteiger partial charge < -0.3 is 40.6 Å². The summed E-state index contributed by atoms with van der Waals surface area (Å²) in [5, 5.41) is 29.3. The topological polar surface area (TPSA) is 209 Å². The van der Waals surface area contributed by atoms with Gasteiger partial charge in [-0.1, -0.05) is 76.3 Å². The summed E-state index contributed by atoms with van der Waals surface area (Å²) in [7, 11) is 1.22. The third-order valence-corrected chi connectivity index (χ3v) is 9.96. The van der Waals surface area contributed by atoms with Crippen LogP contribution in [0.4, 0.5) is 4.79 Å². The second-order valence-corrected chi connectivity index (χ2v) is 13.9. The Morgan fingerprint density at radius 3 is 2.30 bits per heavy atom. The summed E-state index contributed by atoms with van der Waals surface area (Å²) >= 11 is 0. The zero-order valence-electron chi connectivity index (χ0n) is 29.0. The summed E-state index contributed by atoms with van der Waals surface area (Å²) in [5.41, 5.74) is 1.24. The van der Waals surface area contributed by atoms with Gasteiger partial charge in [0, 0.05) is 31.4 Å². The fraction of sp³-hybridized carbons (Fsp3) is 0.611. The van der Waals surface area contributed by atoms with Crippen molar-refractivity contribution in [2.45, 2.75) is 108 Å². The Labute approximate surface area is 292 Å². The lowest BCUT2D eigenvalue weighted by molar-refractivity contribution is -0.155. The molecule has 1 saturated carbocycles. The molecule has 2 unspecified atom stereocenters. The van der Waals surface area contributed by atoms with E-state index < -0.39 is 66.1 Å². The molecule has 7 atom stereocenters. The van der Waals surface area contributed by atoms with Crippen molar-refractivity contribution in [3.63, 3.8) is 0 Å². The number of carbonyl (C=O) groups excluding carboxylic acids is 4. The van der Waals surface area contributed by atoms with Gasteiger partial charge in [-0.15, -0.1) is 0 Å². The number of H-pyrrole nitrogens is 1. The second kappa shape index (κ2) is 18.5. The second-order valence-electron chi connectivity index (χ2n) is 13.9. The Morgan fingerprint density at radius 1 is 1.00 bits per heavy atom. The molecule has 50 heavy (non-hydrogen) atoms. The van der Waals surface area contributed by atoms with Gasteiger partial charge in [0.05, 0.1) is 31.3 Å². The van der Waals surface area contributed by atoms with Crippen LogP contribution in [0.2, 0.25) is 0 Å². The number of imidazole rings is 1. The van der Waals surface area contributed by atoms with Crippen molar-refractivity contribution in [1.82, 2.24) is 25.9 Å². The number of amides is 3. The number of benzene rings is 1. The van der Waals surface area contributed by atoms with Gasteiger partial charge in [0.2, 0.25) is 11.8 Å². The standard InChI is InChI=1S/C36H51N5O9/c1-21(2)25(31-18-26(34(45)49-3)35(46)50-31)17-30(42)27(14-22-10-6-4-7-11-22)39-33(44)29(16-24-19-37-20-38-24)40-32(43)28(41-36(47)48)15-23-12-8-5-9-13-23/h5,8-9,12-13,19-22,25-31,41-42H,4,6-7,10-11,14-18H2,1-3H3,(H,37,38)(H,39,44)(H,40,43)(H,47,48)/t25-,26?,27-,28-,29-,30-,31?/m0/s1. The highest BCUT2D eigenvalue weighted by molar-refractivity contribution is 5.96. The molecule has 2 aromatic rings. The number of cyclic esters (lactones) is 1. The zero-order chi connectivity index (χ0) is 36.2. The largest absolute Gasteiger partial charge is 0.468 e. The van der Waals surface area contributed by atoms with Crippen LogP contribution in [0.5, 0.6) is 0 Å². The molecule has 3 amide bonds. The maximum absolute atomic E-state index is 14.1. The predicted molar refractivity (Wildman–Crippen MR) is 181 cm³/mol. The molecule has 4 rings (SSSR count). The first-order valence-corrected chi connectivity index (χ1v) is 17.5. The van der Waals surface area contributed by atoms with Gasteiger partial charge in [-0.05, 0) is 30.2 Å².